The molecule has 0 unspecified atom stereocenters. The Morgan fingerprint density at radius 1 is 0.923 bits per heavy atom. The number of rotatable bonds is 7. The van der Waals surface area contributed by atoms with Crippen LogP contribution < -0.4 is 25.1 Å². The quantitative estimate of drug-likeness (QED) is 0.722. The number of nitrogens with one attached hydrogen (secondary N) is 2. The molecule has 0 radical (unpaired) electrons. The third kappa shape index (κ3) is 6.18. The first-order chi connectivity index (χ1) is 12.5. The molecule has 0 atom stereocenters. The van der Waals surface area contributed by atoms with Crippen LogP contribution in [0.15, 0.2) is 42.5 Å². The molecular formula is C18H19ClN2O5. The summed E-state index contributed by atoms with van der Waals surface area (Å²) in [7, 11) is 1.52. The summed E-state index contributed by atoms with van der Waals surface area (Å²) in [5.41, 5.74) is 5.48. The van der Waals surface area contributed by atoms with Crippen LogP contribution in [0.25, 0.3) is 0 Å². The maximum Gasteiger partial charge on any atom is 0.276 e. The highest BCUT2D eigenvalue weighted by Gasteiger charge is 2.09. The van der Waals surface area contributed by atoms with Crippen molar-refractivity contribution in [1.82, 2.24) is 10.9 Å². The van der Waals surface area contributed by atoms with Gasteiger partial charge in [0.15, 0.2) is 24.7 Å². The van der Waals surface area contributed by atoms with Crippen molar-refractivity contribution < 1.29 is 23.8 Å². The van der Waals surface area contributed by atoms with E-state index in [0.29, 0.717) is 22.3 Å². The molecule has 0 aromatic heterocycles. The van der Waals surface area contributed by atoms with Crippen LogP contribution in [0.2, 0.25) is 5.02 Å². The molecule has 8 heteroatoms. The molecule has 0 aliphatic rings. The van der Waals surface area contributed by atoms with Gasteiger partial charge in [-0.3, -0.25) is 20.4 Å². The Hall–Kier alpha value is -2.93. The van der Waals surface area contributed by atoms with Crippen LogP contribution in [0.3, 0.4) is 0 Å². The van der Waals surface area contributed by atoms with Crippen LogP contribution in [0.4, 0.5) is 0 Å². The molecule has 2 aromatic carbocycles. The first-order valence-electron chi connectivity index (χ1n) is 7.71. The molecule has 2 aromatic rings. The van der Waals surface area contributed by atoms with Crippen molar-refractivity contribution in [2.75, 3.05) is 20.3 Å². The molecule has 2 N–H and O–H groups in total. The fourth-order valence-corrected chi connectivity index (χ4v) is 2.05. The minimum atomic E-state index is -0.521. The lowest BCUT2D eigenvalue weighted by Gasteiger charge is -2.12. The highest BCUT2D eigenvalue weighted by Crippen LogP contribution is 2.27. The highest BCUT2D eigenvalue weighted by atomic mass is 35.5. The molecule has 0 spiro atoms. The van der Waals surface area contributed by atoms with E-state index in [1.807, 2.05) is 13.0 Å². The zero-order valence-electron chi connectivity index (χ0n) is 14.4. The van der Waals surface area contributed by atoms with Gasteiger partial charge < -0.3 is 14.2 Å². The second kappa shape index (κ2) is 9.53. The number of methoxy groups -OCH3 is 1. The minimum absolute atomic E-state index is 0.255. The zero-order valence-corrected chi connectivity index (χ0v) is 15.1. The maximum absolute atomic E-state index is 11.8. The van der Waals surface area contributed by atoms with E-state index in [1.165, 1.54) is 7.11 Å². The van der Waals surface area contributed by atoms with Gasteiger partial charge in [0.2, 0.25) is 0 Å². The summed E-state index contributed by atoms with van der Waals surface area (Å²) in [6, 6.07) is 11.9. The van der Waals surface area contributed by atoms with E-state index in [-0.39, 0.29) is 13.2 Å². The lowest BCUT2D eigenvalue weighted by atomic mass is 10.2. The molecule has 7 nitrogen and oxygen atoms in total. The third-order valence-corrected chi connectivity index (χ3v) is 3.45. The van der Waals surface area contributed by atoms with Gasteiger partial charge in [-0.25, -0.2) is 0 Å². The first kappa shape index (κ1) is 19.4. The Labute approximate surface area is 156 Å². The Morgan fingerprint density at radius 2 is 1.54 bits per heavy atom. The Kier molecular flexibility index (Phi) is 7.11. The van der Waals surface area contributed by atoms with Gasteiger partial charge in [-0.1, -0.05) is 17.7 Å². The van der Waals surface area contributed by atoms with Crippen molar-refractivity contribution in [1.29, 1.82) is 0 Å². The van der Waals surface area contributed by atoms with E-state index in [0.717, 1.165) is 5.56 Å². The van der Waals surface area contributed by atoms with Gasteiger partial charge in [-0.2, -0.15) is 0 Å². The number of halogens is 1. The van der Waals surface area contributed by atoms with E-state index in [4.69, 9.17) is 25.8 Å². The summed E-state index contributed by atoms with van der Waals surface area (Å²) < 4.78 is 15.8. The Morgan fingerprint density at radius 3 is 2.15 bits per heavy atom. The van der Waals surface area contributed by atoms with Crippen molar-refractivity contribution in [3.05, 3.63) is 53.1 Å². The van der Waals surface area contributed by atoms with Crippen LogP contribution in [-0.4, -0.2) is 32.1 Å². The SMILES string of the molecule is COc1cc(C)ccc1OCC(=O)NNC(=O)COc1ccc(Cl)cc1. The van der Waals surface area contributed by atoms with Gasteiger partial charge in [0.05, 0.1) is 7.11 Å². The highest BCUT2D eigenvalue weighted by molar-refractivity contribution is 6.30. The van der Waals surface area contributed by atoms with Crippen LogP contribution in [-0.2, 0) is 9.59 Å². The van der Waals surface area contributed by atoms with Crippen molar-refractivity contribution in [3.63, 3.8) is 0 Å². The van der Waals surface area contributed by atoms with Gasteiger partial charge >= 0.3 is 0 Å². The lowest BCUT2D eigenvalue weighted by molar-refractivity contribution is -0.131. The number of aryl methyl sites for hydroxylation is 1. The monoisotopic (exact) mass is 378 g/mol. The smallest absolute Gasteiger partial charge is 0.276 e. The van der Waals surface area contributed by atoms with E-state index in [1.54, 1.807) is 36.4 Å². The topological polar surface area (TPSA) is 85.9 Å². The molecule has 0 fully saturated rings. The summed E-state index contributed by atoms with van der Waals surface area (Å²) in [4.78, 5) is 23.4. The van der Waals surface area contributed by atoms with Crippen molar-refractivity contribution in [3.8, 4) is 17.2 Å². The third-order valence-electron chi connectivity index (χ3n) is 3.20. The largest absolute Gasteiger partial charge is 0.493 e. The lowest BCUT2D eigenvalue weighted by Crippen LogP contribution is -2.45. The number of hydrazine groups is 1. The molecule has 0 heterocycles. The molecule has 0 aliphatic heterocycles. The van der Waals surface area contributed by atoms with Crippen molar-refractivity contribution in [2.45, 2.75) is 6.92 Å². The summed E-state index contributed by atoms with van der Waals surface area (Å²) in [5, 5.41) is 0.569. The maximum atomic E-state index is 11.8. The average molecular weight is 379 g/mol. The van der Waals surface area contributed by atoms with Gasteiger partial charge in [-0.05, 0) is 48.9 Å². The standard InChI is InChI=1S/C18H19ClN2O5/c1-12-3-8-15(16(9-12)24-2)26-11-18(23)21-20-17(22)10-25-14-6-4-13(19)5-7-14/h3-9H,10-11H2,1-2H3,(H,20,22)(H,21,23). The predicted molar refractivity (Wildman–Crippen MR) is 96.5 cm³/mol. The molecule has 26 heavy (non-hydrogen) atoms. The fraction of sp³-hybridized carbons (Fsp3) is 0.222. The molecule has 2 amide bonds. The van der Waals surface area contributed by atoms with Gasteiger partial charge in [-0.15, -0.1) is 0 Å². The number of benzene rings is 2. The molecule has 0 aliphatic carbocycles. The van der Waals surface area contributed by atoms with E-state index in [9.17, 15) is 9.59 Å². The zero-order chi connectivity index (χ0) is 18.9. The van der Waals surface area contributed by atoms with Crippen LogP contribution in [0, 0.1) is 6.92 Å². The predicted octanol–water partition coefficient (Wildman–Crippen LogP) is 2.26. The fourth-order valence-electron chi connectivity index (χ4n) is 1.93. The second-order valence-corrected chi connectivity index (χ2v) is 5.72. The number of hydrogen-bond acceptors (Lipinski definition) is 5. The van der Waals surface area contributed by atoms with E-state index in [2.05, 4.69) is 10.9 Å². The molecule has 0 saturated carbocycles. The molecule has 0 bridgehead atoms. The number of ether oxygens (including phenoxy) is 3. The summed E-state index contributed by atoms with van der Waals surface area (Å²) >= 11 is 5.76. The Bertz CT molecular complexity index is 765. The van der Waals surface area contributed by atoms with Crippen LogP contribution >= 0.6 is 11.6 Å². The molecular weight excluding hydrogens is 360 g/mol. The van der Waals surface area contributed by atoms with Crippen molar-refractivity contribution >= 4 is 23.4 Å². The number of hydrogen-bond donors (Lipinski definition) is 2. The van der Waals surface area contributed by atoms with Gasteiger partial charge in [0, 0.05) is 5.02 Å². The van der Waals surface area contributed by atoms with E-state index < -0.39 is 11.8 Å². The average Bonchev–Trinajstić information content (AvgIpc) is 2.64. The van der Waals surface area contributed by atoms with Gasteiger partial charge in [0.1, 0.15) is 5.75 Å². The first-order valence-corrected chi connectivity index (χ1v) is 8.09. The summed E-state index contributed by atoms with van der Waals surface area (Å²) in [5.74, 6) is 0.420. The number of carbonyl (C=O) groups is 2. The summed E-state index contributed by atoms with van der Waals surface area (Å²) in [6.07, 6.45) is 0. The van der Waals surface area contributed by atoms with Gasteiger partial charge in [0.25, 0.3) is 11.8 Å². The number of amides is 2. The van der Waals surface area contributed by atoms with Crippen LogP contribution in [0.1, 0.15) is 5.56 Å². The number of carbonyl (C=O) groups excluding carboxylic acids is 2. The van der Waals surface area contributed by atoms with E-state index >= 15 is 0 Å². The molecule has 138 valence electrons. The molecule has 2 rings (SSSR count). The molecule has 0 saturated heterocycles. The second-order valence-electron chi connectivity index (χ2n) is 5.28. The van der Waals surface area contributed by atoms with Crippen molar-refractivity contribution in [2.24, 2.45) is 0 Å². The normalized spacial score (nSPS) is 9.96. The summed E-state index contributed by atoms with van der Waals surface area (Å²) in [6.45, 7) is 1.38. The Balaban J connectivity index is 1.71. The minimum Gasteiger partial charge on any atom is -0.493 e. The van der Waals surface area contributed by atoms with Crippen LogP contribution in [0.5, 0.6) is 17.2 Å².